The van der Waals surface area contributed by atoms with E-state index in [0.29, 0.717) is 11.1 Å². The van der Waals surface area contributed by atoms with E-state index in [4.69, 9.17) is 4.74 Å². The second-order valence-electron chi connectivity index (χ2n) is 6.87. The van der Waals surface area contributed by atoms with Gasteiger partial charge in [-0.1, -0.05) is 18.2 Å². The van der Waals surface area contributed by atoms with Crippen molar-refractivity contribution in [3.8, 4) is 0 Å². The van der Waals surface area contributed by atoms with Crippen LogP contribution in [0.5, 0.6) is 0 Å². The van der Waals surface area contributed by atoms with E-state index in [2.05, 4.69) is 5.32 Å². The van der Waals surface area contributed by atoms with Gasteiger partial charge in [0.05, 0.1) is 10.5 Å². The molecule has 0 saturated carbocycles. The highest BCUT2D eigenvalue weighted by atomic mass is 32.2. The van der Waals surface area contributed by atoms with Gasteiger partial charge in [-0.25, -0.2) is 17.9 Å². The summed E-state index contributed by atoms with van der Waals surface area (Å²) in [7, 11) is -4.36. The van der Waals surface area contributed by atoms with Gasteiger partial charge in [-0.2, -0.15) is 13.2 Å². The number of anilines is 1. The molecular weight excluding hydrogens is 425 g/mol. The fraction of sp³-hybridized carbons (Fsp3) is 0.263. The fourth-order valence-corrected chi connectivity index (χ4v) is 3.91. The van der Waals surface area contributed by atoms with Crippen LogP contribution in [-0.2, 0) is 26.0 Å². The van der Waals surface area contributed by atoms with E-state index in [1.54, 1.807) is 24.3 Å². The Morgan fingerprint density at radius 1 is 1.13 bits per heavy atom. The van der Waals surface area contributed by atoms with Crippen LogP contribution in [0.15, 0.2) is 53.4 Å². The first-order valence-electron chi connectivity index (χ1n) is 8.69. The van der Waals surface area contributed by atoms with E-state index in [9.17, 15) is 31.2 Å². The number of hydrogen-bond donors (Lipinski definition) is 2. The summed E-state index contributed by atoms with van der Waals surface area (Å²) in [6, 6.07) is 11.3. The summed E-state index contributed by atoms with van der Waals surface area (Å²) in [5.41, 5.74) is -0.261. The first kappa shape index (κ1) is 21.8. The van der Waals surface area contributed by atoms with E-state index in [1.807, 2.05) is 0 Å². The molecule has 2 aromatic rings. The zero-order valence-corrected chi connectivity index (χ0v) is 16.4. The zero-order chi connectivity index (χ0) is 22.2. The summed E-state index contributed by atoms with van der Waals surface area (Å²) in [4.78, 5) is 24.5. The number of halogens is 3. The minimum absolute atomic E-state index is 0.147. The highest BCUT2D eigenvalue weighted by Crippen LogP contribution is 2.29. The van der Waals surface area contributed by atoms with E-state index in [1.165, 1.54) is 23.8 Å². The maximum absolute atomic E-state index is 12.7. The summed E-state index contributed by atoms with van der Waals surface area (Å²) < 4.78 is 67.3. The van der Waals surface area contributed by atoms with Gasteiger partial charge in [0.2, 0.25) is 10.0 Å². The number of benzene rings is 2. The van der Waals surface area contributed by atoms with Crippen LogP contribution in [0.1, 0.15) is 22.8 Å². The number of sulfonamides is 1. The fourth-order valence-electron chi connectivity index (χ4n) is 2.90. The SMILES string of the molecule is CC1(C(=O)Nc2ccc(S(=O)(=O)NCC(F)(F)F)cc2)Cc2ccccc2C(=O)O1. The van der Waals surface area contributed by atoms with Crippen LogP contribution < -0.4 is 10.0 Å². The number of carbonyl (C=O) groups excluding carboxylic acids is 2. The standard InChI is InChI=1S/C19H17F3N2O5S/c1-18(10-12-4-2-3-5-15(12)16(25)29-18)17(26)24-13-6-8-14(9-7-13)30(27,28)23-11-19(20,21)22/h2-9,23H,10-11H2,1H3,(H,24,26). The molecule has 30 heavy (non-hydrogen) atoms. The van der Waals surface area contributed by atoms with Crippen molar-refractivity contribution in [3.63, 3.8) is 0 Å². The summed E-state index contributed by atoms with van der Waals surface area (Å²) in [6.07, 6.45) is -4.54. The molecule has 1 aliphatic rings. The number of esters is 1. The van der Waals surface area contributed by atoms with Crippen molar-refractivity contribution < 1.29 is 35.9 Å². The van der Waals surface area contributed by atoms with Gasteiger partial charge in [0, 0.05) is 12.1 Å². The highest BCUT2D eigenvalue weighted by Gasteiger charge is 2.42. The Morgan fingerprint density at radius 3 is 2.40 bits per heavy atom. The smallest absolute Gasteiger partial charge is 0.402 e. The van der Waals surface area contributed by atoms with E-state index < -0.39 is 45.1 Å². The van der Waals surface area contributed by atoms with Crippen molar-refractivity contribution in [2.45, 2.75) is 30.0 Å². The molecule has 2 aromatic carbocycles. The van der Waals surface area contributed by atoms with Gasteiger partial charge < -0.3 is 10.1 Å². The van der Waals surface area contributed by atoms with E-state index in [0.717, 1.165) is 12.1 Å². The number of carbonyl (C=O) groups is 2. The Labute approximate surface area is 170 Å². The van der Waals surface area contributed by atoms with E-state index in [-0.39, 0.29) is 12.1 Å². The first-order valence-corrected chi connectivity index (χ1v) is 10.2. The molecule has 0 radical (unpaired) electrons. The lowest BCUT2D eigenvalue weighted by Crippen LogP contribution is -2.48. The predicted molar refractivity (Wildman–Crippen MR) is 100 cm³/mol. The van der Waals surface area contributed by atoms with E-state index >= 15 is 0 Å². The molecule has 3 rings (SSSR count). The summed E-state index contributed by atoms with van der Waals surface area (Å²) >= 11 is 0. The molecule has 11 heteroatoms. The molecule has 2 N–H and O–H groups in total. The molecule has 0 saturated heterocycles. The molecule has 0 bridgehead atoms. The Bertz CT molecular complexity index is 1080. The Kier molecular flexibility index (Phi) is 5.61. The van der Waals surface area contributed by atoms with Crippen LogP contribution in [0.2, 0.25) is 0 Å². The monoisotopic (exact) mass is 442 g/mol. The number of ether oxygens (including phenoxy) is 1. The third kappa shape index (κ3) is 4.79. The molecule has 0 spiro atoms. The first-order chi connectivity index (χ1) is 13.9. The maximum atomic E-state index is 12.7. The number of rotatable bonds is 5. The van der Waals surface area contributed by atoms with Gasteiger partial charge >= 0.3 is 12.1 Å². The lowest BCUT2D eigenvalue weighted by atomic mass is 9.89. The Hall–Kier alpha value is -2.92. The lowest BCUT2D eigenvalue weighted by Gasteiger charge is -2.33. The summed E-state index contributed by atoms with van der Waals surface area (Å²) in [5, 5.41) is 2.53. The second kappa shape index (κ2) is 7.73. The van der Waals surface area contributed by atoms with Crippen LogP contribution in [-0.4, -0.2) is 38.6 Å². The molecule has 0 fully saturated rings. The maximum Gasteiger partial charge on any atom is 0.402 e. The van der Waals surface area contributed by atoms with Crippen molar-refractivity contribution in [3.05, 3.63) is 59.7 Å². The van der Waals surface area contributed by atoms with Crippen molar-refractivity contribution in [1.82, 2.24) is 4.72 Å². The second-order valence-corrected chi connectivity index (χ2v) is 8.64. The van der Waals surface area contributed by atoms with Crippen LogP contribution in [0.25, 0.3) is 0 Å². The van der Waals surface area contributed by atoms with Gasteiger partial charge in [0.25, 0.3) is 5.91 Å². The topological polar surface area (TPSA) is 102 Å². The Balaban J connectivity index is 1.71. The van der Waals surface area contributed by atoms with Gasteiger partial charge in [-0.05, 0) is 42.8 Å². The number of hydrogen-bond acceptors (Lipinski definition) is 5. The average molecular weight is 442 g/mol. The molecule has 0 aromatic heterocycles. The van der Waals surface area contributed by atoms with Crippen LogP contribution in [0.4, 0.5) is 18.9 Å². The third-order valence-electron chi connectivity index (χ3n) is 4.45. The quantitative estimate of drug-likeness (QED) is 0.694. The summed E-state index contributed by atoms with van der Waals surface area (Å²) in [5.74, 6) is -1.26. The molecule has 1 unspecified atom stereocenters. The van der Waals surface area contributed by atoms with Gasteiger partial charge in [0.1, 0.15) is 6.54 Å². The summed E-state index contributed by atoms with van der Waals surface area (Å²) in [6.45, 7) is -0.241. The van der Waals surface area contributed by atoms with Crippen molar-refractivity contribution in [1.29, 1.82) is 0 Å². The zero-order valence-electron chi connectivity index (χ0n) is 15.6. The molecular formula is C19H17F3N2O5S. The van der Waals surface area contributed by atoms with Crippen molar-refractivity contribution >= 4 is 27.6 Å². The minimum atomic E-state index is -4.69. The molecule has 1 aliphatic heterocycles. The third-order valence-corrected chi connectivity index (χ3v) is 5.87. The largest absolute Gasteiger partial charge is 0.445 e. The van der Waals surface area contributed by atoms with Crippen LogP contribution >= 0.6 is 0 Å². The van der Waals surface area contributed by atoms with Gasteiger partial charge in [-0.15, -0.1) is 0 Å². The minimum Gasteiger partial charge on any atom is -0.445 e. The average Bonchev–Trinajstić information content (AvgIpc) is 2.66. The number of nitrogens with one attached hydrogen (secondary N) is 2. The number of alkyl halides is 3. The number of cyclic esters (lactones) is 1. The van der Waals surface area contributed by atoms with Crippen molar-refractivity contribution in [2.24, 2.45) is 0 Å². The van der Waals surface area contributed by atoms with Gasteiger partial charge in [0.15, 0.2) is 5.60 Å². The Morgan fingerprint density at radius 2 is 1.77 bits per heavy atom. The molecule has 1 heterocycles. The van der Waals surface area contributed by atoms with Gasteiger partial charge in [-0.3, -0.25) is 4.79 Å². The lowest BCUT2D eigenvalue weighted by molar-refractivity contribution is -0.134. The highest BCUT2D eigenvalue weighted by molar-refractivity contribution is 7.89. The predicted octanol–water partition coefficient (Wildman–Crippen LogP) is 2.64. The molecule has 0 aliphatic carbocycles. The molecule has 1 atom stereocenters. The molecule has 7 nitrogen and oxygen atoms in total. The molecule has 160 valence electrons. The van der Waals surface area contributed by atoms with Crippen LogP contribution in [0.3, 0.4) is 0 Å². The number of fused-ring (bicyclic) bond motifs is 1. The van der Waals surface area contributed by atoms with Crippen LogP contribution in [0, 0.1) is 0 Å². The normalized spacial score (nSPS) is 19.0. The van der Waals surface area contributed by atoms with Crippen molar-refractivity contribution in [2.75, 3.05) is 11.9 Å². The molecule has 1 amide bonds. The number of amides is 1.